The Labute approximate surface area is 74.3 Å². The van der Waals surface area contributed by atoms with E-state index in [1.165, 1.54) is 19.5 Å². The Morgan fingerprint density at radius 2 is 2.25 bits per heavy atom. The van der Waals surface area contributed by atoms with E-state index >= 15 is 0 Å². The van der Waals surface area contributed by atoms with Gasteiger partial charge in [0.1, 0.15) is 0 Å². The Kier molecular flexibility index (Phi) is 2.35. The van der Waals surface area contributed by atoms with Gasteiger partial charge in [0.05, 0.1) is 12.7 Å². The van der Waals surface area contributed by atoms with Crippen molar-refractivity contribution < 1.29 is 4.74 Å². The van der Waals surface area contributed by atoms with Crippen molar-refractivity contribution in [2.75, 3.05) is 40.3 Å². The second kappa shape index (κ2) is 3.32. The largest absolute Gasteiger partial charge is 0.372 e. The van der Waals surface area contributed by atoms with E-state index in [4.69, 9.17) is 4.74 Å². The second-order valence-corrected chi connectivity index (χ2v) is 4.12. The predicted molar refractivity (Wildman–Crippen MR) is 48.3 cm³/mol. The topological polar surface area (TPSA) is 19.0 Å². The summed E-state index contributed by atoms with van der Waals surface area (Å²) in [7, 11) is 4.34. The monoisotopic (exact) mass is 170 g/mol. The molecule has 0 N–H and O–H groups in total. The number of rotatable bonds is 3. The standard InChI is InChI=1S/C9H18N2O/c1-10(2)8-3-4-11(5-8)6-9-7-12-9/h8-9H,3-7H2,1-2H3. The molecule has 0 amide bonds. The van der Waals surface area contributed by atoms with Gasteiger partial charge >= 0.3 is 0 Å². The first kappa shape index (κ1) is 8.48. The first-order valence-corrected chi connectivity index (χ1v) is 4.76. The minimum atomic E-state index is 0.561. The van der Waals surface area contributed by atoms with Crippen LogP contribution in [0.3, 0.4) is 0 Å². The van der Waals surface area contributed by atoms with Crippen molar-refractivity contribution in [2.45, 2.75) is 18.6 Å². The van der Waals surface area contributed by atoms with E-state index < -0.39 is 0 Å². The number of ether oxygens (including phenoxy) is 1. The lowest BCUT2D eigenvalue weighted by Gasteiger charge is -2.19. The van der Waals surface area contributed by atoms with Crippen LogP contribution >= 0.6 is 0 Å². The molecule has 2 fully saturated rings. The summed E-state index contributed by atoms with van der Waals surface area (Å²) in [5, 5.41) is 0. The summed E-state index contributed by atoms with van der Waals surface area (Å²) in [6.45, 7) is 4.63. The molecule has 0 radical (unpaired) electrons. The Hall–Kier alpha value is -0.120. The highest BCUT2D eigenvalue weighted by atomic mass is 16.6. The minimum Gasteiger partial charge on any atom is -0.372 e. The summed E-state index contributed by atoms with van der Waals surface area (Å²) in [5.74, 6) is 0. The highest BCUT2D eigenvalue weighted by Gasteiger charge is 2.30. The minimum absolute atomic E-state index is 0.561. The first-order chi connectivity index (χ1) is 5.75. The van der Waals surface area contributed by atoms with Crippen molar-refractivity contribution in [1.82, 2.24) is 9.80 Å². The quantitative estimate of drug-likeness (QED) is 0.557. The van der Waals surface area contributed by atoms with Gasteiger partial charge in [-0.3, -0.25) is 4.90 Å². The Balaban J connectivity index is 1.73. The molecule has 12 heavy (non-hydrogen) atoms. The molecule has 3 heteroatoms. The fourth-order valence-corrected chi connectivity index (χ4v) is 1.86. The van der Waals surface area contributed by atoms with Crippen molar-refractivity contribution in [3.63, 3.8) is 0 Å². The molecule has 0 spiro atoms. The molecule has 2 rings (SSSR count). The Morgan fingerprint density at radius 3 is 2.75 bits per heavy atom. The molecule has 2 aliphatic rings. The van der Waals surface area contributed by atoms with Gasteiger partial charge in [0.2, 0.25) is 0 Å². The molecule has 3 nitrogen and oxygen atoms in total. The number of epoxide rings is 1. The van der Waals surface area contributed by atoms with Crippen LogP contribution in [0.5, 0.6) is 0 Å². The molecule has 0 aromatic heterocycles. The zero-order valence-electron chi connectivity index (χ0n) is 7.99. The fraction of sp³-hybridized carbons (Fsp3) is 1.00. The van der Waals surface area contributed by atoms with Crippen LogP contribution in [-0.4, -0.2) is 62.3 Å². The summed E-state index contributed by atoms with van der Waals surface area (Å²) in [6.07, 6.45) is 1.88. The van der Waals surface area contributed by atoms with E-state index in [1.807, 2.05) is 0 Å². The zero-order chi connectivity index (χ0) is 8.55. The van der Waals surface area contributed by atoms with Crippen molar-refractivity contribution in [3.05, 3.63) is 0 Å². The fourth-order valence-electron chi connectivity index (χ4n) is 1.86. The molecule has 2 unspecified atom stereocenters. The summed E-state index contributed by atoms with van der Waals surface area (Å²) in [5.41, 5.74) is 0. The molecule has 0 saturated carbocycles. The van der Waals surface area contributed by atoms with Gasteiger partial charge in [-0.05, 0) is 27.1 Å². The van der Waals surface area contributed by atoms with Crippen LogP contribution < -0.4 is 0 Å². The number of nitrogens with zero attached hydrogens (tertiary/aromatic N) is 2. The Bertz CT molecular complexity index is 157. The number of hydrogen-bond acceptors (Lipinski definition) is 3. The van der Waals surface area contributed by atoms with Crippen molar-refractivity contribution in [1.29, 1.82) is 0 Å². The van der Waals surface area contributed by atoms with E-state index in [1.54, 1.807) is 0 Å². The van der Waals surface area contributed by atoms with Gasteiger partial charge in [-0.15, -0.1) is 0 Å². The van der Waals surface area contributed by atoms with Gasteiger partial charge in [0, 0.05) is 19.1 Å². The van der Waals surface area contributed by atoms with Crippen molar-refractivity contribution >= 4 is 0 Å². The van der Waals surface area contributed by atoms with E-state index in [0.717, 1.165) is 19.2 Å². The highest BCUT2D eigenvalue weighted by molar-refractivity contribution is 4.84. The molecule has 0 aliphatic carbocycles. The summed E-state index contributed by atoms with van der Waals surface area (Å²) < 4.78 is 5.21. The molecular weight excluding hydrogens is 152 g/mol. The van der Waals surface area contributed by atoms with E-state index in [-0.39, 0.29) is 0 Å². The van der Waals surface area contributed by atoms with Gasteiger partial charge in [-0.25, -0.2) is 0 Å². The predicted octanol–water partition coefficient (Wildman–Crippen LogP) is 0.0211. The zero-order valence-corrected chi connectivity index (χ0v) is 7.99. The van der Waals surface area contributed by atoms with Crippen LogP contribution in [0, 0.1) is 0 Å². The van der Waals surface area contributed by atoms with Gasteiger partial charge in [-0.2, -0.15) is 0 Å². The van der Waals surface area contributed by atoms with Gasteiger partial charge in [-0.1, -0.05) is 0 Å². The van der Waals surface area contributed by atoms with Crippen LogP contribution in [0.2, 0.25) is 0 Å². The lowest BCUT2D eigenvalue weighted by molar-refractivity contribution is 0.250. The molecular formula is C9H18N2O. The molecule has 0 aromatic rings. The summed E-state index contributed by atoms with van der Waals surface area (Å²) in [6, 6.07) is 0.767. The highest BCUT2D eigenvalue weighted by Crippen LogP contribution is 2.17. The van der Waals surface area contributed by atoms with Crippen LogP contribution in [0.15, 0.2) is 0 Å². The van der Waals surface area contributed by atoms with E-state index in [0.29, 0.717) is 6.10 Å². The van der Waals surface area contributed by atoms with Gasteiger partial charge in [0.15, 0.2) is 0 Å². The third-order valence-electron chi connectivity index (χ3n) is 2.84. The molecule has 2 heterocycles. The third-order valence-corrected chi connectivity index (χ3v) is 2.84. The number of hydrogen-bond donors (Lipinski definition) is 0. The molecule has 0 bridgehead atoms. The maximum atomic E-state index is 5.21. The normalized spacial score (nSPS) is 36.2. The van der Waals surface area contributed by atoms with Crippen LogP contribution in [0.4, 0.5) is 0 Å². The lowest BCUT2D eigenvalue weighted by Crippen LogP contribution is -2.32. The molecule has 2 aliphatic heterocycles. The average molecular weight is 170 g/mol. The first-order valence-electron chi connectivity index (χ1n) is 4.76. The number of likely N-dealkylation sites (tertiary alicyclic amines) is 1. The second-order valence-electron chi connectivity index (χ2n) is 4.12. The average Bonchev–Trinajstić information content (AvgIpc) is 2.66. The van der Waals surface area contributed by atoms with E-state index in [2.05, 4.69) is 23.9 Å². The van der Waals surface area contributed by atoms with Gasteiger partial charge in [0.25, 0.3) is 0 Å². The SMILES string of the molecule is CN(C)C1CCN(CC2CO2)C1. The van der Waals surface area contributed by atoms with Gasteiger partial charge < -0.3 is 9.64 Å². The van der Waals surface area contributed by atoms with E-state index in [9.17, 15) is 0 Å². The molecule has 2 atom stereocenters. The van der Waals surface area contributed by atoms with Crippen LogP contribution in [-0.2, 0) is 4.74 Å². The van der Waals surface area contributed by atoms with Crippen molar-refractivity contribution in [2.24, 2.45) is 0 Å². The molecule has 2 saturated heterocycles. The van der Waals surface area contributed by atoms with Crippen LogP contribution in [0.1, 0.15) is 6.42 Å². The number of likely N-dealkylation sites (N-methyl/N-ethyl adjacent to an activating group) is 1. The van der Waals surface area contributed by atoms with Crippen LogP contribution in [0.25, 0.3) is 0 Å². The Morgan fingerprint density at radius 1 is 1.50 bits per heavy atom. The third kappa shape index (κ3) is 1.97. The lowest BCUT2D eigenvalue weighted by atomic mass is 10.2. The summed E-state index contributed by atoms with van der Waals surface area (Å²) in [4.78, 5) is 4.84. The molecule has 0 aromatic carbocycles. The molecule has 70 valence electrons. The smallest absolute Gasteiger partial charge is 0.0936 e. The maximum absolute atomic E-state index is 5.21. The van der Waals surface area contributed by atoms with Crippen molar-refractivity contribution in [3.8, 4) is 0 Å². The summed E-state index contributed by atoms with van der Waals surface area (Å²) >= 11 is 0. The maximum Gasteiger partial charge on any atom is 0.0936 e.